The Morgan fingerprint density at radius 1 is 1.09 bits per heavy atom. The lowest BCUT2D eigenvalue weighted by Crippen LogP contribution is -2.34. The molecule has 2 amide bonds. The van der Waals surface area contributed by atoms with Crippen molar-refractivity contribution in [3.63, 3.8) is 0 Å². The van der Waals surface area contributed by atoms with Crippen LogP contribution in [0.15, 0.2) is 41.2 Å². The Morgan fingerprint density at radius 2 is 1.91 bits per heavy atom. The summed E-state index contributed by atoms with van der Waals surface area (Å²) in [7, 11) is 0. The molecule has 2 N–H and O–H groups in total. The number of rotatable bonds is 3. The summed E-state index contributed by atoms with van der Waals surface area (Å²) in [6.45, 7) is 0.600. The molecule has 2 aromatic carbocycles. The molecule has 3 aromatic rings. The molecule has 0 bridgehead atoms. The molecule has 1 aliphatic rings. The maximum atomic E-state index is 12.0. The number of benzene rings is 2. The van der Waals surface area contributed by atoms with Gasteiger partial charge in [0.1, 0.15) is 0 Å². The lowest BCUT2D eigenvalue weighted by Gasteiger charge is -2.18. The predicted molar refractivity (Wildman–Crippen MR) is 85.2 cm³/mol. The van der Waals surface area contributed by atoms with Gasteiger partial charge < -0.3 is 5.32 Å². The Morgan fingerprint density at radius 3 is 2.68 bits per heavy atom. The van der Waals surface area contributed by atoms with Gasteiger partial charge in [-0.2, -0.15) is 0 Å². The van der Waals surface area contributed by atoms with E-state index in [1.54, 1.807) is 29.0 Å². The maximum Gasteiger partial charge on any atom is 0.258 e. The summed E-state index contributed by atoms with van der Waals surface area (Å²) in [5.74, 6) is -0.695. The molecular formula is C16H11N3O2S. The smallest absolute Gasteiger partial charge is 0.258 e. The second-order valence-corrected chi connectivity index (χ2v) is 5.72. The number of amides is 2. The van der Waals surface area contributed by atoms with Crippen molar-refractivity contribution in [3.8, 4) is 0 Å². The third-order valence-corrected chi connectivity index (χ3v) is 4.34. The third kappa shape index (κ3) is 1.96. The normalized spacial score (nSPS) is 13.3. The van der Waals surface area contributed by atoms with Gasteiger partial charge >= 0.3 is 0 Å². The molecule has 0 atom stereocenters. The Bertz CT molecular complexity index is 883. The van der Waals surface area contributed by atoms with E-state index in [9.17, 15) is 9.59 Å². The van der Waals surface area contributed by atoms with E-state index in [1.807, 2.05) is 23.6 Å². The summed E-state index contributed by atoms with van der Waals surface area (Å²) in [4.78, 5) is 28.2. The van der Waals surface area contributed by atoms with Crippen LogP contribution in [0, 0.1) is 0 Å². The molecular weight excluding hydrogens is 298 g/mol. The van der Waals surface area contributed by atoms with Crippen molar-refractivity contribution >= 4 is 39.6 Å². The highest BCUT2D eigenvalue weighted by Gasteiger charge is 2.25. The summed E-state index contributed by atoms with van der Waals surface area (Å²) in [5.41, 5.74) is 4.70. The number of anilines is 1. The number of carbonyl (C=O) groups is 2. The van der Waals surface area contributed by atoms with Crippen LogP contribution < -0.4 is 10.6 Å². The van der Waals surface area contributed by atoms with E-state index in [1.165, 1.54) is 0 Å². The van der Waals surface area contributed by atoms with Crippen molar-refractivity contribution in [2.24, 2.45) is 0 Å². The minimum absolute atomic E-state index is 0.347. The molecule has 6 heteroatoms. The number of nitrogens with one attached hydrogen (secondary N) is 2. The Labute approximate surface area is 130 Å². The summed E-state index contributed by atoms with van der Waals surface area (Å²) < 4.78 is 0. The molecule has 22 heavy (non-hydrogen) atoms. The molecule has 108 valence electrons. The highest BCUT2D eigenvalue weighted by atomic mass is 32.1. The lowest BCUT2D eigenvalue weighted by molar-refractivity contribution is 0.0845. The highest BCUT2D eigenvalue weighted by Crippen LogP contribution is 2.32. The fourth-order valence-electron chi connectivity index (χ4n) is 2.69. The first kappa shape index (κ1) is 13.0. The van der Waals surface area contributed by atoms with Gasteiger partial charge in [-0.05, 0) is 18.2 Å². The minimum Gasteiger partial charge on any atom is -0.379 e. The van der Waals surface area contributed by atoms with Crippen LogP contribution in [0.4, 0.5) is 5.69 Å². The number of imide groups is 1. The Kier molecular flexibility index (Phi) is 2.90. The molecule has 0 spiro atoms. The van der Waals surface area contributed by atoms with Crippen molar-refractivity contribution < 1.29 is 9.59 Å². The summed E-state index contributed by atoms with van der Waals surface area (Å²) in [6.07, 6.45) is 0. The summed E-state index contributed by atoms with van der Waals surface area (Å²) in [6, 6.07) is 9.08. The van der Waals surface area contributed by atoms with Gasteiger partial charge in [0.05, 0.1) is 17.7 Å². The molecule has 5 nitrogen and oxygen atoms in total. The zero-order valence-electron chi connectivity index (χ0n) is 11.4. The number of nitrogens with zero attached hydrogens (tertiary/aromatic N) is 1. The SMILES string of the molecule is O=C1NC(=O)c2ccc(NCc3cscn3)c3cccc1c23. The van der Waals surface area contributed by atoms with Gasteiger partial charge in [0.15, 0.2) is 0 Å². The van der Waals surface area contributed by atoms with Crippen LogP contribution in [-0.2, 0) is 6.54 Å². The van der Waals surface area contributed by atoms with Crippen molar-refractivity contribution in [2.75, 3.05) is 5.32 Å². The quantitative estimate of drug-likeness (QED) is 0.730. The fourth-order valence-corrected chi connectivity index (χ4v) is 3.25. The largest absolute Gasteiger partial charge is 0.379 e. The van der Waals surface area contributed by atoms with Crippen molar-refractivity contribution in [3.05, 3.63) is 58.0 Å². The second kappa shape index (κ2) is 4.92. The van der Waals surface area contributed by atoms with Crippen LogP contribution in [0.3, 0.4) is 0 Å². The minimum atomic E-state index is -0.347. The van der Waals surface area contributed by atoms with E-state index >= 15 is 0 Å². The molecule has 0 aliphatic carbocycles. The second-order valence-electron chi connectivity index (χ2n) is 5.01. The van der Waals surface area contributed by atoms with Crippen LogP contribution in [-0.4, -0.2) is 16.8 Å². The summed E-state index contributed by atoms with van der Waals surface area (Å²) in [5, 5.41) is 9.24. The van der Waals surface area contributed by atoms with Crippen LogP contribution in [0.5, 0.6) is 0 Å². The van der Waals surface area contributed by atoms with Crippen LogP contribution >= 0.6 is 11.3 Å². The average molecular weight is 309 g/mol. The van der Waals surface area contributed by atoms with Gasteiger partial charge in [-0.15, -0.1) is 11.3 Å². The molecule has 4 rings (SSSR count). The zero-order chi connectivity index (χ0) is 15.1. The number of carbonyl (C=O) groups excluding carboxylic acids is 2. The third-order valence-electron chi connectivity index (χ3n) is 3.70. The predicted octanol–water partition coefficient (Wildman–Crippen LogP) is 2.79. The number of hydrogen-bond donors (Lipinski definition) is 2. The van der Waals surface area contributed by atoms with Gasteiger partial charge in [-0.3, -0.25) is 14.9 Å². The Hall–Kier alpha value is -2.73. The molecule has 0 radical (unpaired) electrons. The molecule has 1 aliphatic heterocycles. The number of thiazole rings is 1. The van der Waals surface area contributed by atoms with Crippen LogP contribution in [0.1, 0.15) is 26.4 Å². The van der Waals surface area contributed by atoms with Crippen LogP contribution in [0.2, 0.25) is 0 Å². The molecule has 2 heterocycles. The first-order chi connectivity index (χ1) is 10.7. The first-order valence-electron chi connectivity index (χ1n) is 6.76. The van der Waals surface area contributed by atoms with E-state index in [2.05, 4.69) is 15.6 Å². The van der Waals surface area contributed by atoms with E-state index in [-0.39, 0.29) is 11.8 Å². The van der Waals surface area contributed by atoms with E-state index in [0.29, 0.717) is 23.1 Å². The fraction of sp³-hybridized carbons (Fsp3) is 0.0625. The van der Waals surface area contributed by atoms with Crippen LogP contribution in [0.25, 0.3) is 10.8 Å². The zero-order valence-corrected chi connectivity index (χ0v) is 12.2. The molecule has 0 fully saturated rings. The number of hydrogen-bond acceptors (Lipinski definition) is 5. The van der Waals surface area contributed by atoms with Gasteiger partial charge in [-0.25, -0.2) is 4.98 Å². The monoisotopic (exact) mass is 309 g/mol. The Balaban J connectivity index is 1.83. The van der Waals surface area contributed by atoms with Gasteiger partial charge in [0.25, 0.3) is 11.8 Å². The van der Waals surface area contributed by atoms with E-state index < -0.39 is 0 Å². The average Bonchev–Trinajstić information content (AvgIpc) is 3.04. The summed E-state index contributed by atoms with van der Waals surface area (Å²) >= 11 is 1.55. The molecule has 1 aromatic heterocycles. The van der Waals surface area contributed by atoms with Gasteiger partial charge in [-0.1, -0.05) is 12.1 Å². The van der Waals surface area contributed by atoms with Crippen molar-refractivity contribution in [1.29, 1.82) is 0 Å². The molecule has 0 unspecified atom stereocenters. The lowest BCUT2D eigenvalue weighted by atomic mass is 9.94. The number of aromatic nitrogens is 1. The first-order valence-corrected chi connectivity index (χ1v) is 7.70. The maximum absolute atomic E-state index is 12.0. The van der Waals surface area contributed by atoms with Crippen molar-refractivity contribution in [2.45, 2.75) is 6.54 Å². The highest BCUT2D eigenvalue weighted by molar-refractivity contribution is 7.07. The van der Waals surface area contributed by atoms with E-state index in [0.717, 1.165) is 16.8 Å². The standard InChI is InChI=1S/C16H11N3O2S/c20-15-11-3-1-2-10-13(17-6-9-7-22-8-18-9)5-4-12(14(10)11)16(21)19-15/h1-5,7-8,17H,6H2,(H,19,20,21). The molecule has 0 saturated carbocycles. The topological polar surface area (TPSA) is 71.1 Å². The van der Waals surface area contributed by atoms with Crippen molar-refractivity contribution in [1.82, 2.24) is 10.3 Å². The van der Waals surface area contributed by atoms with Gasteiger partial charge in [0.2, 0.25) is 0 Å². The van der Waals surface area contributed by atoms with Gasteiger partial charge in [0, 0.05) is 33.0 Å². The van der Waals surface area contributed by atoms with E-state index in [4.69, 9.17) is 0 Å². The molecule has 0 saturated heterocycles.